The zero-order valence-electron chi connectivity index (χ0n) is 7.00. The second-order valence-corrected chi connectivity index (χ2v) is 3.53. The van der Waals surface area contributed by atoms with Crippen LogP contribution in [0, 0.1) is 0 Å². The van der Waals surface area contributed by atoms with Crippen molar-refractivity contribution in [2.45, 2.75) is 19.5 Å². The zero-order chi connectivity index (χ0) is 7.56. The molecule has 0 amide bonds. The standard InChI is InChI=1S/C7H16N2S/c1-4-7-8(2)5-6-9(7)10-3/h7H,4-6H2,1-3H3. The summed E-state index contributed by atoms with van der Waals surface area (Å²) in [7, 11) is 2.20. The summed E-state index contributed by atoms with van der Waals surface area (Å²) in [5.41, 5.74) is 0. The Morgan fingerprint density at radius 2 is 2.20 bits per heavy atom. The van der Waals surface area contributed by atoms with Crippen molar-refractivity contribution in [3.8, 4) is 0 Å². The number of rotatable bonds is 2. The molecule has 60 valence electrons. The Kier molecular flexibility index (Phi) is 3.01. The first-order valence-electron chi connectivity index (χ1n) is 3.80. The van der Waals surface area contributed by atoms with Crippen LogP contribution in [-0.4, -0.2) is 41.8 Å². The molecule has 0 radical (unpaired) electrons. The second-order valence-electron chi connectivity index (χ2n) is 2.69. The van der Waals surface area contributed by atoms with Gasteiger partial charge in [-0.25, -0.2) is 4.31 Å². The lowest BCUT2D eigenvalue weighted by molar-refractivity contribution is 0.236. The molecule has 1 rings (SSSR count). The van der Waals surface area contributed by atoms with Crippen molar-refractivity contribution < 1.29 is 0 Å². The fourth-order valence-corrected chi connectivity index (χ4v) is 2.32. The predicted molar refractivity (Wildman–Crippen MR) is 46.9 cm³/mol. The van der Waals surface area contributed by atoms with Gasteiger partial charge in [-0.05, 0) is 19.7 Å². The molecule has 0 bridgehead atoms. The van der Waals surface area contributed by atoms with Crippen molar-refractivity contribution in [1.82, 2.24) is 9.21 Å². The van der Waals surface area contributed by atoms with Gasteiger partial charge in [0.1, 0.15) is 0 Å². The number of nitrogens with zero attached hydrogens (tertiary/aromatic N) is 2. The van der Waals surface area contributed by atoms with Gasteiger partial charge in [0.05, 0.1) is 6.17 Å². The quantitative estimate of drug-likeness (QED) is 0.561. The predicted octanol–water partition coefficient (Wildman–Crippen LogP) is 1.25. The Labute approximate surface area is 67.7 Å². The van der Waals surface area contributed by atoms with Crippen LogP contribution < -0.4 is 0 Å². The molecule has 1 unspecified atom stereocenters. The molecule has 0 aromatic rings. The molecule has 0 saturated carbocycles. The first-order valence-corrected chi connectivity index (χ1v) is 4.98. The van der Waals surface area contributed by atoms with Crippen molar-refractivity contribution in [2.24, 2.45) is 0 Å². The van der Waals surface area contributed by atoms with E-state index in [9.17, 15) is 0 Å². The molecule has 1 aliphatic rings. The van der Waals surface area contributed by atoms with Gasteiger partial charge in [0.2, 0.25) is 0 Å². The fraction of sp³-hybridized carbons (Fsp3) is 1.00. The van der Waals surface area contributed by atoms with Crippen LogP contribution in [0.2, 0.25) is 0 Å². The molecule has 0 aliphatic carbocycles. The lowest BCUT2D eigenvalue weighted by Gasteiger charge is -2.24. The van der Waals surface area contributed by atoms with E-state index in [1.54, 1.807) is 0 Å². The van der Waals surface area contributed by atoms with Gasteiger partial charge in [-0.2, -0.15) is 0 Å². The molecule has 0 aromatic carbocycles. The lowest BCUT2D eigenvalue weighted by atomic mass is 10.4. The summed E-state index contributed by atoms with van der Waals surface area (Å²) < 4.78 is 2.44. The summed E-state index contributed by atoms with van der Waals surface area (Å²) in [6, 6.07) is 0. The van der Waals surface area contributed by atoms with Crippen LogP contribution in [0.1, 0.15) is 13.3 Å². The van der Waals surface area contributed by atoms with Crippen molar-refractivity contribution >= 4 is 11.9 Å². The van der Waals surface area contributed by atoms with Crippen LogP contribution in [-0.2, 0) is 0 Å². The van der Waals surface area contributed by atoms with Gasteiger partial charge in [-0.3, -0.25) is 4.90 Å². The van der Waals surface area contributed by atoms with Crippen LogP contribution in [0.25, 0.3) is 0 Å². The maximum atomic E-state index is 2.44. The summed E-state index contributed by atoms with van der Waals surface area (Å²) in [6.45, 7) is 4.69. The molecular weight excluding hydrogens is 144 g/mol. The van der Waals surface area contributed by atoms with E-state index < -0.39 is 0 Å². The maximum absolute atomic E-state index is 2.44. The minimum absolute atomic E-state index is 0.676. The highest BCUT2D eigenvalue weighted by Gasteiger charge is 2.26. The average Bonchev–Trinajstić information content (AvgIpc) is 2.30. The summed E-state index contributed by atoms with van der Waals surface area (Å²) >= 11 is 1.86. The van der Waals surface area contributed by atoms with Crippen LogP contribution in [0.5, 0.6) is 0 Å². The monoisotopic (exact) mass is 160 g/mol. The smallest absolute Gasteiger partial charge is 0.0716 e. The molecule has 3 heteroatoms. The summed E-state index contributed by atoms with van der Waals surface area (Å²) in [4.78, 5) is 2.41. The minimum atomic E-state index is 0.676. The van der Waals surface area contributed by atoms with E-state index in [-0.39, 0.29) is 0 Å². The summed E-state index contributed by atoms with van der Waals surface area (Å²) in [6.07, 6.45) is 4.06. The highest BCUT2D eigenvalue weighted by atomic mass is 32.2. The number of hydrogen-bond acceptors (Lipinski definition) is 3. The van der Waals surface area contributed by atoms with Crippen LogP contribution in [0.15, 0.2) is 0 Å². The molecule has 1 heterocycles. The second kappa shape index (κ2) is 3.60. The van der Waals surface area contributed by atoms with Gasteiger partial charge < -0.3 is 0 Å². The normalized spacial score (nSPS) is 29.7. The highest BCUT2D eigenvalue weighted by molar-refractivity contribution is 7.96. The van der Waals surface area contributed by atoms with E-state index in [1.807, 2.05) is 11.9 Å². The highest BCUT2D eigenvalue weighted by Crippen LogP contribution is 2.21. The largest absolute Gasteiger partial charge is 0.289 e. The van der Waals surface area contributed by atoms with Gasteiger partial charge >= 0.3 is 0 Å². The average molecular weight is 160 g/mol. The van der Waals surface area contributed by atoms with Crippen molar-refractivity contribution in [3.63, 3.8) is 0 Å². The third-order valence-electron chi connectivity index (χ3n) is 2.11. The Morgan fingerprint density at radius 3 is 2.60 bits per heavy atom. The molecule has 10 heavy (non-hydrogen) atoms. The third kappa shape index (κ3) is 1.47. The van der Waals surface area contributed by atoms with E-state index in [0.29, 0.717) is 6.17 Å². The lowest BCUT2D eigenvalue weighted by Crippen LogP contribution is -2.31. The molecule has 1 fully saturated rings. The first-order chi connectivity index (χ1) is 4.79. The Bertz CT molecular complexity index is 108. The first kappa shape index (κ1) is 8.37. The molecule has 0 N–H and O–H groups in total. The Morgan fingerprint density at radius 1 is 1.50 bits per heavy atom. The molecule has 0 aromatic heterocycles. The molecule has 1 aliphatic heterocycles. The van der Waals surface area contributed by atoms with E-state index in [2.05, 4.69) is 29.4 Å². The SMILES string of the molecule is CCC1N(C)CCN1SC. The molecular formula is C7H16N2S. The zero-order valence-corrected chi connectivity index (χ0v) is 7.82. The molecule has 1 saturated heterocycles. The van der Waals surface area contributed by atoms with Gasteiger partial charge in [-0.1, -0.05) is 18.9 Å². The fourth-order valence-electron chi connectivity index (χ4n) is 1.50. The van der Waals surface area contributed by atoms with Crippen LogP contribution in [0.3, 0.4) is 0 Å². The van der Waals surface area contributed by atoms with Gasteiger partial charge in [0.15, 0.2) is 0 Å². The number of hydrogen-bond donors (Lipinski definition) is 0. The van der Waals surface area contributed by atoms with Crippen LogP contribution >= 0.6 is 11.9 Å². The van der Waals surface area contributed by atoms with Gasteiger partial charge in [0.25, 0.3) is 0 Å². The summed E-state index contributed by atoms with van der Waals surface area (Å²) in [5, 5.41) is 0. The van der Waals surface area contributed by atoms with E-state index >= 15 is 0 Å². The Hall–Kier alpha value is 0.270. The summed E-state index contributed by atoms with van der Waals surface area (Å²) in [5.74, 6) is 0. The van der Waals surface area contributed by atoms with Crippen LogP contribution in [0.4, 0.5) is 0 Å². The van der Waals surface area contributed by atoms with E-state index in [0.717, 1.165) is 0 Å². The van der Waals surface area contributed by atoms with E-state index in [4.69, 9.17) is 0 Å². The van der Waals surface area contributed by atoms with Crippen molar-refractivity contribution in [1.29, 1.82) is 0 Å². The Balaban J connectivity index is 2.45. The van der Waals surface area contributed by atoms with Gasteiger partial charge in [0, 0.05) is 13.1 Å². The molecule has 2 nitrogen and oxygen atoms in total. The minimum Gasteiger partial charge on any atom is -0.289 e. The number of likely N-dealkylation sites (N-methyl/N-ethyl adjacent to an activating group) is 1. The third-order valence-corrected chi connectivity index (χ3v) is 3.01. The maximum Gasteiger partial charge on any atom is 0.0716 e. The van der Waals surface area contributed by atoms with Crippen molar-refractivity contribution in [2.75, 3.05) is 26.4 Å². The van der Waals surface area contributed by atoms with Crippen molar-refractivity contribution in [3.05, 3.63) is 0 Å². The molecule has 1 atom stereocenters. The molecule has 0 spiro atoms. The van der Waals surface area contributed by atoms with Gasteiger partial charge in [-0.15, -0.1) is 0 Å². The van der Waals surface area contributed by atoms with E-state index in [1.165, 1.54) is 19.5 Å². The topological polar surface area (TPSA) is 6.48 Å².